The normalized spacial score (nSPS) is 20.6. The van der Waals surface area contributed by atoms with Crippen LogP contribution in [0.15, 0.2) is 24.4 Å². The second kappa shape index (κ2) is 8.38. The molecule has 1 aromatic carbocycles. The molecule has 2 saturated heterocycles. The number of rotatable bonds is 4. The van der Waals surface area contributed by atoms with E-state index in [-0.39, 0.29) is 11.8 Å². The van der Waals surface area contributed by atoms with E-state index < -0.39 is 11.3 Å². The van der Waals surface area contributed by atoms with Crippen LogP contribution in [0.5, 0.6) is 0 Å². The van der Waals surface area contributed by atoms with E-state index >= 15 is 0 Å². The van der Waals surface area contributed by atoms with Crippen LogP contribution in [0, 0.1) is 20.8 Å². The van der Waals surface area contributed by atoms with Gasteiger partial charge in [0.25, 0.3) is 5.91 Å². The number of carbonyl (C=O) groups is 2. The van der Waals surface area contributed by atoms with Crippen molar-refractivity contribution in [1.82, 2.24) is 14.9 Å². The summed E-state index contributed by atoms with van der Waals surface area (Å²) in [6, 6.07) is 6.44. The van der Waals surface area contributed by atoms with Crippen molar-refractivity contribution in [3.8, 4) is 0 Å². The monoisotopic (exact) mass is 422 g/mol. The summed E-state index contributed by atoms with van der Waals surface area (Å²) in [7, 11) is 0. The molecule has 7 nitrogen and oxygen atoms in total. The summed E-state index contributed by atoms with van der Waals surface area (Å²) in [5.74, 6) is 0.377. The molecule has 0 bridgehead atoms. The average Bonchev–Trinajstić information content (AvgIpc) is 3.23. The van der Waals surface area contributed by atoms with Gasteiger partial charge in [-0.2, -0.15) is 0 Å². The molecule has 7 heteroatoms. The van der Waals surface area contributed by atoms with Crippen LogP contribution in [0.25, 0.3) is 0 Å². The second-order valence-corrected chi connectivity index (χ2v) is 8.90. The Hall–Kier alpha value is -2.80. The van der Waals surface area contributed by atoms with Crippen molar-refractivity contribution in [2.75, 3.05) is 26.3 Å². The van der Waals surface area contributed by atoms with Gasteiger partial charge in [-0.25, -0.2) is 9.97 Å². The first-order chi connectivity index (χ1) is 14.8. The number of amides is 2. The van der Waals surface area contributed by atoms with Crippen LogP contribution in [0.3, 0.4) is 0 Å². The van der Waals surface area contributed by atoms with E-state index in [1.165, 1.54) is 17.3 Å². The molecule has 164 valence electrons. The molecule has 2 aromatic rings. The van der Waals surface area contributed by atoms with Gasteiger partial charge in [-0.05, 0) is 45.6 Å². The topological polar surface area (TPSA) is 98.4 Å². The minimum Gasteiger partial charge on any atom is -0.381 e. The zero-order valence-corrected chi connectivity index (χ0v) is 18.5. The number of nitrogens with zero attached hydrogens (tertiary/aromatic N) is 3. The Kier molecular flexibility index (Phi) is 5.79. The summed E-state index contributed by atoms with van der Waals surface area (Å²) in [4.78, 5) is 36.2. The van der Waals surface area contributed by atoms with Gasteiger partial charge in [-0.3, -0.25) is 9.59 Å². The van der Waals surface area contributed by atoms with Gasteiger partial charge in [0.15, 0.2) is 0 Å². The van der Waals surface area contributed by atoms with Crippen molar-refractivity contribution in [2.45, 2.75) is 51.4 Å². The first-order valence-corrected chi connectivity index (χ1v) is 10.9. The molecule has 1 aromatic heterocycles. The molecule has 1 atom stereocenters. The van der Waals surface area contributed by atoms with Crippen molar-refractivity contribution in [3.05, 3.63) is 58.2 Å². The lowest BCUT2D eigenvalue weighted by atomic mass is 9.72. The van der Waals surface area contributed by atoms with Gasteiger partial charge in [0.05, 0.1) is 16.7 Å². The Bertz CT molecular complexity index is 994. The van der Waals surface area contributed by atoms with Crippen molar-refractivity contribution >= 4 is 11.8 Å². The number of likely N-dealkylation sites (tertiary alicyclic amines) is 1. The zero-order chi connectivity index (χ0) is 22.2. The van der Waals surface area contributed by atoms with E-state index in [1.54, 1.807) is 6.92 Å². The van der Waals surface area contributed by atoms with Gasteiger partial charge in [0.1, 0.15) is 5.82 Å². The number of nitrogens with two attached hydrogens (primary N) is 1. The minimum absolute atomic E-state index is 0.0562. The predicted octanol–water partition coefficient (Wildman–Crippen LogP) is 2.57. The molecule has 2 aliphatic rings. The van der Waals surface area contributed by atoms with E-state index in [4.69, 9.17) is 10.5 Å². The van der Waals surface area contributed by atoms with Crippen molar-refractivity contribution in [3.63, 3.8) is 0 Å². The summed E-state index contributed by atoms with van der Waals surface area (Å²) in [6.07, 6.45) is 3.69. The maximum atomic E-state index is 13.9. The first-order valence-electron chi connectivity index (χ1n) is 10.9. The van der Waals surface area contributed by atoms with Crippen LogP contribution >= 0.6 is 0 Å². The summed E-state index contributed by atoms with van der Waals surface area (Å²) < 4.78 is 5.63. The van der Waals surface area contributed by atoms with Gasteiger partial charge in [-0.15, -0.1) is 0 Å². The van der Waals surface area contributed by atoms with E-state index in [1.807, 2.05) is 4.90 Å². The van der Waals surface area contributed by atoms with Crippen molar-refractivity contribution in [1.29, 1.82) is 0 Å². The molecular weight excluding hydrogens is 392 g/mol. The fourth-order valence-electron chi connectivity index (χ4n) is 4.98. The summed E-state index contributed by atoms with van der Waals surface area (Å²) in [6.45, 7) is 8.36. The number of hydrogen-bond donors (Lipinski definition) is 1. The van der Waals surface area contributed by atoms with E-state index in [0.29, 0.717) is 56.2 Å². The number of primary amides is 1. The fraction of sp³-hybridized carbons (Fsp3) is 0.500. The Morgan fingerprint density at radius 2 is 1.81 bits per heavy atom. The Labute approximate surface area is 183 Å². The van der Waals surface area contributed by atoms with Crippen LogP contribution in [-0.2, 0) is 14.9 Å². The lowest BCUT2D eigenvalue weighted by molar-refractivity contribution is -0.140. The maximum absolute atomic E-state index is 13.9. The van der Waals surface area contributed by atoms with Crippen LogP contribution in [0.2, 0.25) is 0 Å². The lowest BCUT2D eigenvalue weighted by Gasteiger charge is -2.39. The third-order valence-electron chi connectivity index (χ3n) is 6.63. The summed E-state index contributed by atoms with van der Waals surface area (Å²) in [5, 5.41) is 0. The predicted molar refractivity (Wildman–Crippen MR) is 117 cm³/mol. The third-order valence-corrected chi connectivity index (χ3v) is 6.63. The highest BCUT2D eigenvalue weighted by Gasteiger charge is 2.46. The number of carbonyl (C=O) groups excluding carboxylic acids is 2. The highest BCUT2D eigenvalue weighted by molar-refractivity contribution is 5.93. The molecule has 0 radical (unpaired) electrons. The highest BCUT2D eigenvalue weighted by atomic mass is 16.5. The molecule has 0 unspecified atom stereocenters. The number of aromatic nitrogens is 2. The third kappa shape index (κ3) is 4.06. The molecule has 3 heterocycles. The molecule has 2 amide bonds. The SMILES string of the molecule is Cc1cc(C)cc(C2(C(=O)N3CC[C@H](c4ncc(C(N)=O)c(C)n4)C3)CCOCC2)c1. The van der Waals surface area contributed by atoms with Crippen molar-refractivity contribution in [2.24, 2.45) is 5.73 Å². The quantitative estimate of drug-likeness (QED) is 0.817. The second-order valence-electron chi connectivity index (χ2n) is 8.90. The molecule has 2 aliphatic heterocycles. The summed E-state index contributed by atoms with van der Waals surface area (Å²) >= 11 is 0. The molecule has 4 rings (SSSR count). The molecule has 31 heavy (non-hydrogen) atoms. The number of aryl methyl sites for hydroxylation is 3. The lowest BCUT2D eigenvalue weighted by Crippen LogP contribution is -2.49. The molecule has 2 N–H and O–H groups in total. The largest absolute Gasteiger partial charge is 0.381 e. The Balaban J connectivity index is 1.59. The van der Waals surface area contributed by atoms with Gasteiger partial charge in [0, 0.05) is 38.4 Å². The standard InChI is InChI=1S/C24H30N4O3/c1-15-10-16(2)12-19(11-15)24(5-8-31-9-6-24)23(30)28-7-4-18(14-28)22-26-13-20(21(25)29)17(3)27-22/h10-13,18H,4-9,14H2,1-3H3,(H2,25,29)/t18-/m0/s1. The Morgan fingerprint density at radius 1 is 1.13 bits per heavy atom. The average molecular weight is 423 g/mol. The van der Waals surface area contributed by atoms with Crippen LogP contribution in [-0.4, -0.2) is 53.0 Å². The fourth-order valence-corrected chi connectivity index (χ4v) is 4.98. The van der Waals surface area contributed by atoms with Crippen LogP contribution in [0.1, 0.15) is 63.7 Å². The molecular formula is C24H30N4O3. The van der Waals surface area contributed by atoms with Gasteiger partial charge in [0.2, 0.25) is 5.91 Å². The smallest absolute Gasteiger partial charge is 0.252 e. The van der Waals surface area contributed by atoms with E-state index in [0.717, 1.165) is 12.0 Å². The molecule has 0 spiro atoms. The maximum Gasteiger partial charge on any atom is 0.252 e. The minimum atomic E-state index is -0.545. The highest BCUT2D eigenvalue weighted by Crippen LogP contribution is 2.39. The Morgan fingerprint density at radius 3 is 2.42 bits per heavy atom. The number of hydrogen-bond acceptors (Lipinski definition) is 5. The molecule has 2 fully saturated rings. The zero-order valence-electron chi connectivity index (χ0n) is 18.5. The first kappa shape index (κ1) is 21.4. The van der Waals surface area contributed by atoms with Crippen LogP contribution in [0.4, 0.5) is 0 Å². The van der Waals surface area contributed by atoms with Gasteiger partial charge in [-0.1, -0.05) is 29.3 Å². The van der Waals surface area contributed by atoms with Crippen molar-refractivity contribution < 1.29 is 14.3 Å². The molecule has 0 aliphatic carbocycles. The van der Waals surface area contributed by atoms with E-state index in [2.05, 4.69) is 42.0 Å². The van der Waals surface area contributed by atoms with Gasteiger partial charge < -0.3 is 15.4 Å². The van der Waals surface area contributed by atoms with E-state index in [9.17, 15) is 9.59 Å². The molecule has 0 saturated carbocycles. The van der Waals surface area contributed by atoms with Gasteiger partial charge >= 0.3 is 0 Å². The van der Waals surface area contributed by atoms with Crippen LogP contribution < -0.4 is 5.73 Å². The summed E-state index contributed by atoms with van der Waals surface area (Å²) in [5.41, 5.74) is 9.19. The number of benzene rings is 1. The number of ether oxygens (including phenoxy) is 1.